The number of hydrogen-bond acceptors (Lipinski definition) is 4. The van der Waals surface area contributed by atoms with Gasteiger partial charge in [0.05, 0.1) is 6.61 Å². The monoisotopic (exact) mass is 299 g/mol. The molecule has 0 spiro atoms. The molecule has 1 rings (SSSR count). The fraction of sp³-hybridized carbons (Fsp3) is 0.222. The van der Waals surface area contributed by atoms with E-state index >= 15 is 0 Å². The number of carboxylic acids is 1. The van der Waals surface area contributed by atoms with Crippen LogP contribution in [0.4, 0.5) is 13.2 Å². The van der Waals surface area contributed by atoms with Crippen molar-refractivity contribution < 1.29 is 36.6 Å². The second kappa shape index (κ2) is 5.55. The van der Waals surface area contributed by atoms with Crippen LogP contribution >= 0.6 is 0 Å². The fourth-order valence-electron chi connectivity index (χ4n) is 1.13. The molecule has 0 saturated heterocycles. The highest BCUT2D eigenvalue weighted by Crippen LogP contribution is 2.18. The van der Waals surface area contributed by atoms with Crippen molar-refractivity contribution in [3.8, 4) is 0 Å². The molecule has 0 fully saturated rings. The van der Waals surface area contributed by atoms with E-state index in [2.05, 4.69) is 0 Å². The molecule has 3 N–H and O–H groups in total. The Labute approximate surface area is 105 Å². The molecule has 106 valence electrons. The molecular formula is C9H8F3NO5S. The van der Waals surface area contributed by atoms with Gasteiger partial charge in [0.2, 0.25) is 10.0 Å². The molecule has 1 aromatic rings. The van der Waals surface area contributed by atoms with Crippen molar-refractivity contribution in [1.82, 2.24) is 4.72 Å². The van der Waals surface area contributed by atoms with Crippen LogP contribution in [0.5, 0.6) is 0 Å². The lowest BCUT2D eigenvalue weighted by Crippen LogP contribution is -2.43. The third-order valence-corrected chi connectivity index (χ3v) is 3.53. The Bertz CT molecular complexity index is 604. The Hall–Kier alpha value is -1.65. The largest absolute Gasteiger partial charge is 0.480 e. The Morgan fingerprint density at radius 3 is 2.21 bits per heavy atom. The van der Waals surface area contributed by atoms with Crippen molar-refractivity contribution in [2.24, 2.45) is 0 Å². The van der Waals surface area contributed by atoms with E-state index in [9.17, 15) is 26.4 Å². The molecule has 1 atom stereocenters. The summed E-state index contributed by atoms with van der Waals surface area (Å²) in [6, 6.07) is -1.85. The average molecular weight is 299 g/mol. The van der Waals surface area contributed by atoms with Gasteiger partial charge < -0.3 is 10.2 Å². The minimum Gasteiger partial charge on any atom is -0.480 e. The maximum atomic E-state index is 13.2. The first-order valence-corrected chi connectivity index (χ1v) is 6.18. The van der Waals surface area contributed by atoms with Gasteiger partial charge in [-0.05, 0) is 6.07 Å². The smallest absolute Gasteiger partial charge is 0.324 e. The third kappa shape index (κ3) is 3.43. The molecule has 0 saturated carbocycles. The Morgan fingerprint density at radius 2 is 1.74 bits per heavy atom. The number of aliphatic hydroxyl groups is 1. The SMILES string of the molecule is O=C(O)[C@@H](CO)NS(=O)(=O)c1cc(F)c(F)cc1F. The van der Waals surface area contributed by atoms with Gasteiger partial charge in [0.15, 0.2) is 11.6 Å². The van der Waals surface area contributed by atoms with Crippen LogP contribution in [0, 0.1) is 17.5 Å². The van der Waals surface area contributed by atoms with E-state index < -0.39 is 51.0 Å². The van der Waals surface area contributed by atoms with Crippen LogP contribution in [0.2, 0.25) is 0 Å². The molecule has 0 radical (unpaired) electrons. The number of halogens is 3. The van der Waals surface area contributed by atoms with Crippen LogP contribution in [-0.4, -0.2) is 37.2 Å². The number of aliphatic hydroxyl groups excluding tert-OH is 1. The molecule has 0 heterocycles. The molecule has 0 aliphatic rings. The first-order chi connectivity index (χ1) is 8.69. The van der Waals surface area contributed by atoms with Gasteiger partial charge in [-0.2, -0.15) is 4.72 Å². The van der Waals surface area contributed by atoms with Crippen LogP contribution in [-0.2, 0) is 14.8 Å². The summed E-state index contributed by atoms with van der Waals surface area (Å²) in [5.74, 6) is -6.51. The van der Waals surface area contributed by atoms with E-state index in [4.69, 9.17) is 10.2 Å². The highest BCUT2D eigenvalue weighted by molar-refractivity contribution is 7.89. The summed E-state index contributed by atoms with van der Waals surface area (Å²) in [6.45, 7) is -1.10. The number of nitrogens with one attached hydrogen (secondary N) is 1. The number of carboxylic acid groups (broad SMARTS) is 1. The normalized spacial score (nSPS) is 13.3. The van der Waals surface area contributed by atoms with Crippen LogP contribution in [0.15, 0.2) is 17.0 Å². The van der Waals surface area contributed by atoms with Crippen molar-refractivity contribution in [3.63, 3.8) is 0 Å². The predicted molar refractivity (Wildman–Crippen MR) is 55.1 cm³/mol. The molecule has 0 aromatic heterocycles. The summed E-state index contributed by atoms with van der Waals surface area (Å²) < 4.78 is 63.3. The van der Waals surface area contributed by atoms with Gasteiger partial charge in [0, 0.05) is 6.07 Å². The molecule has 0 aliphatic heterocycles. The zero-order chi connectivity index (χ0) is 14.8. The molecule has 0 aliphatic carbocycles. The fourth-order valence-corrected chi connectivity index (χ4v) is 2.38. The second-order valence-corrected chi connectivity index (χ2v) is 5.07. The topological polar surface area (TPSA) is 104 Å². The zero-order valence-corrected chi connectivity index (χ0v) is 9.92. The lowest BCUT2D eigenvalue weighted by atomic mass is 10.3. The van der Waals surface area contributed by atoms with Gasteiger partial charge in [0.1, 0.15) is 16.8 Å². The predicted octanol–water partition coefficient (Wildman–Crippen LogP) is -0.172. The van der Waals surface area contributed by atoms with E-state index in [1.54, 1.807) is 0 Å². The number of rotatable bonds is 5. The molecule has 1 aromatic carbocycles. The van der Waals surface area contributed by atoms with E-state index in [0.717, 1.165) is 0 Å². The minimum atomic E-state index is -4.76. The molecule has 6 nitrogen and oxygen atoms in total. The van der Waals surface area contributed by atoms with Gasteiger partial charge in [-0.1, -0.05) is 0 Å². The molecule has 19 heavy (non-hydrogen) atoms. The number of hydrogen-bond donors (Lipinski definition) is 3. The summed E-state index contributed by atoms with van der Waals surface area (Å²) in [6.07, 6.45) is 0. The second-order valence-electron chi connectivity index (χ2n) is 3.39. The minimum absolute atomic E-state index is 0.0125. The van der Waals surface area contributed by atoms with Crippen molar-refractivity contribution >= 4 is 16.0 Å². The Balaban J connectivity index is 3.21. The zero-order valence-electron chi connectivity index (χ0n) is 9.10. The Kier molecular flexibility index (Phi) is 4.50. The third-order valence-electron chi connectivity index (χ3n) is 2.04. The summed E-state index contributed by atoms with van der Waals surface area (Å²) >= 11 is 0. The van der Waals surface area contributed by atoms with E-state index in [-0.39, 0.29) is 12.1 Å². The Morgan fingerprint density at radius 1 is 1.21 bits per heavy atom. The highest BCUT2D eigenvalue weighted by atomic mass is 32.2. The molecule has 10 heteroatoms. The quantitative estimate of drug-likeness (QED) is 0.655. The molecular weight excluding hydrogens is 291 g/mol. The van der Waals surface area contributed by atoms with Gasteiger partial charge in [-0.3, -0.25) is 4.79 Å². The maximum absolute atomic E-state index is 13.2. The van der Waals surface area contributed by atoms with Gasteiger partial charge in [-0.25, -0.2) is 21.6 Å². The lowest BCUT2D eigenvalue weighted by Gasteiger charge is -2.12. The first kappa shape index (κ1) is 15.4. The highest BCUT2D eigenvalue weighted by Gasteiger charge is 2.28. The van der Waals surface area contributed by atoms with E-state index in [1.165, 1.54) is 4.72 Å². The van der Waals surface area contributed by atoms with Crippen molar-refractivity contribution in [2.45, 2.75) is 10.9 Å². The standard InChI is InChI=1S/C9H8F3NO5S/c10-4-1-6(12)8(2-5(4)11)19(17,18)13-7(3-14)9(15)16/h1-2,7,13-14H,3H2,(H,15,16)/t7-/m1/s1. The molecule has 0 unspecified atom stereocenters. The number of sulfonamides is 1. The molecule has 0 amide bonds. The summed E-state index contributed by atoms with van der Waals surface area (Å²) in [7, 11) is -4.76. The number of carbonyl (C=O) groups is 1. The summed E-state index contributed by atoms with van der Waals surface area (Å²) in [5, 5.41) is 17.2. The summed E-state index contributed by atoms with van der Waals surface area (Å²) in [5.41, 5.74) is 0. The van der Waals surface area contributed by atoms with Crippen LogP contribution in [0.3, 0.4) is 0 Å². The van der Waals surface area contributed by atoms with Crippen molar-refractivity contribution in [3.05, 3.63) is 29.6 Å². The first-order valence-electron chi connectivity index (χ1n) is 4.69. The van der Waals surface area contributed by atoms with Gasteiger partial charge in [0.25, 0.3) is 0 Å². The van der Waals surface area contributed by atoms with Crippen molar-refractivity contribution in [2.75, 3.05) is 6.61 Å². The lowest BCUT2D eigenvalue weighted by molar-refractivity contribution is -0.139. The van der Waals surface area contributed by atoms with Gasteiger partial charge in [-0.15, -0.1) is 0 Å². The van der Waals surface area contributed by atoms with Crippen LogP contribution in [0.1, 0.15) is 0 Å². The summed E-state index contributed by atoms with van der Waals surface area (Å²) in [4.78, 5) is 9.27. The number of benzene rings is 1. The number of aliphatic carboxylic acids is 1. The van der Waals surface area contributed by atoms with Crippen LogP contribution in [0.25, 0.3) is 0 Å². The van der Waals surface area contributed by atoms with E-state index in [0.29, 0.717) is 0 Å². The molecule has 0 bridgehead atoms. The van der Waals surface area contributed by atoms with Crippen LogP contribution < -0.4 is 4.72 Å². The van der Waals surface area contributed by atoms with E-state index in [1.807, 2.05) is 0 Å². The van der Waals surface area contributed by atoms with Gasteiger partial charge >= 0.3 is 5.97 Å². The average Bonchev–Trinajstić information content (AvgIpc) is 2.30. The maximum Gasteiger partial charge on any atom is 0.324 e. The van der Waals surface area contributed by atoms with Crippen molar-refractivity contribution in [1.29, 1.82) is 0 Å².